The Morgan fingerprint density at radius 3 is 2.48 bits per heavy atom. The van der Waals surface area contributed by atoms with E-state index in [9.17, 15) is 39.3 Å². The van der Waals surface area contributed by atoms with Crippen LogP contribution in [-0.2, 0) is 47.7 Å². The van der Waals surface area contributed by atoms with Crippen LogP contribution in [0.4, 0.5) is 0 Å². The number of carbonyl (C=O) groups excluding carboxylic acids is 5. The topological polar surface area (TPSA) is 218 Å². The summed E-state index contributed by atoms with van der Waals surface area (Å²) < 4.78 is 28.3. The van der Waals surface area contributed by atoms with Gasteiger partial charge in [0.25, 0.3) is 0 Å². The van der Waals surface area contributed by atoms with Crippen LogP contribution < -0.4 is 5.73 Å². The van der Waals surface area contributed by atoms with Crippen LogP contribution >= 0.6 is 0 Å². The van der Waals surface area contributed by atoms with Gasteiger partial charge in [0.1, 0.15) is 12.1 Å². The highest BCUT2D eigenvalue weighted by Gasteiger charge is 2.81. The van der Waals surface area contributed by atoms with Gasteiger partial charge in [-0.05, 0) is 44.1 Å². The minimum Gasteiger partial charge on any atom is -0.467 e. The zero-order chi connectivity index (χ0) is 32.5. The lowest BCUT2D eigenvalue weighted by Gasteiger charge is -2.63. The standard InChI is InChI=1S/C30H39NO13/c1-12(2)6-19(35)43-22-24-29-11-41-30(24,27(39)40-5)9-16(33)20(36)23(29)28(4)8-17(34)21(44-25(37)15(31)10-32)13(3)14(28)7-18(29)42-26(22)38/h6,14-16,18,20,22-24,32-33,36H,7-11,31H2,1-5H3/t14-,15-,16+,18+,20-,22+,23?,24+,28-,29+,30+/m0/s1. The van der Waals surface area contributed by atoms with E-state index in [1.807, 2.05) is 0 Å². The van der Waals surface area contributed by atoms with Crippen molar-refractivity contribution in [1.82, 2.24) is 0 Å². The fourth-order valence-electron chi connectivity index (χ4n) is 8.80. The number of hydrogen-bond donors (Lipinski definition) is 4. The predicted molar refractivity (Wildman–Crippen MR) is 146 cm³/mol. The Labute approximate surface area is 253 Å². The first-order valence-corrected chi connectivity index (χ1v) is 14.6. The van der Waals surface area contributed by atoms with Gasteiger partial charge in [0, 0.05) is 30.3 Å². The molecule has 2 saturated heterocycles. The van der Waals surface area contributed by atoms with E-state index < -0.39 is 107 Å². The van der Waals surface area contributed by atoms with Crippen LogP contribution in [0.5, 0.6) is 0 Å². The van der Waals surface area contributed by atoms with Crippen molar-refractivity contribution in [2.75, 3.05) is 20.3 Å². The van der Waals surface area contributed by atoms with Crippen LogP contribution in [-0.4, -0.2) is 101 Å². The van der Waals surface area contributed by atoms with Gasteiger partial charge < -0.3 is 44.7 Å². The second kappa shape index (κ2) is 11.0. The molecule has 0 amide bonds. The van der Waals surface area contributed by atoms with E-state index in [2.05, 4.69) is 0 Å². The molecule has 2 bridgehead atoms. The van der Waals surface area contributed by atoms with Gasteiger partial charge in [-0.25, -0.2) is 19.2 Å². The van der Waals surface area contributed by atoms with Gasteiger partial charge >= 0.3 is 23.9 Å². The largest absolute Gasteiger partial charge is 0.467 e. The van der Waals surface area contributed by atoms with Crippen LogP contribution in [0.1, 0.15) is 47.0 Å². The number of Topliss-reactive ketones (excluding diaryl/α,β-unsaturated/α-hetero) is 1. The van der Waals surface area contributed by atoms with E-state index in [0.717, 1.165) is 7.11 Å². The van der Waals surface area contributed by atoms with E-state index in [1.165, 1.54) is 6.08 Å². The first-order chi connectivity index (χ1) is 20.6. The molecule has 5 N–H and O–H groups in total. The van der Waals surface area contributed by atoms with Crippen LogP contribution in [0.2, 0.25) is 0 Å². The zero-order valence-electron chi connectivity index (χ0n) is 25.2. The molecule has 44 heavy (non-hydrogen) atoms. The number of ketones is 1. The van der Waals surface area contributed by atoms with E-state index >= 15 is 0 Å². The third kappa shape index (κ3) is 4.44. The molecule has 1 spiro atoms. The summed E-state index contributed by atoms with van der Waals surface area (Å²) in [6.45, 7) is 5.73. The van der Waals surface area contributed by atoms with Gasteiger partial charge in [-0.3, -0.25) is 4.79 Å². The second-order valence-corrected chi connectivity index (χ2v) is 13.1. The third-order valence-corrected chi connectivity index (χ3v) is 10.4. The highest BCUT2D eigenvalue weighted by Crippen LogP contribution is 2.71. The van der Waals surface area contributed by atoms with E-state index in [1.54, 1.807) is 27.7 Å². The third-order valence-electron chi connectivity index (χ3n) is 10.4. The molecule has 11 atom stereocenters. The predicted octanol–water partition coefficient (Wildman–Crippen LogP) is -0.788. The van der Waals surface area contributed by atoms with Gasteiger partial charge in [0.15, 0.2) is 17.1 Å². The summed E-state index contributed by atoms with van der Waals surface area (Å²) in [4.78, 5) is 66.2. The molecule has 1 unspecified atom stereocenters. The average Bonchev–Trinajstić information content (AvgIpc) is 3.24. The van der Waals surface area contributed by atoms with Crippen molar-refractivity contribution in [2.45, 2.75) is 83.0 Å². The summed E-state index contributed by atoms with van der Waals surface area (Å²) >= 11 is 0. The maximum absolute atomic E-state index is 13.7. The molecule has 242 valence electrons. The number of hydrogen-bond acceptors (Lipinski definition) is 14. The van der Waals surface area contributed by atoms with Gasteiger partial charge in [-0.2, -0.15) is 0 Å². The summed E-state index contributed by atoms with van der Waals surface area (Å²) in [5.41, 5.74) is 1.97. The van der Waals surface area contributed by atoms with Crippen LogP contribution in [0, 0.1) is 28.6 Å². The number of aliphatic hydroxyl groups excluding tert-OH is 3. The fraction of sp³-hybridized carbons (Fsp3) is 0.700. The van der Waals surface area contributed by atoms with Gasteiger partial charge in [0.05, 0.1) is 38.4 Å². The number of esters is 4. The van der Waals surface area contributed by atoms with Crippen LogP contribution in [0.25, 0.3) is 0 Å². The lowest BCUT2D eigenvalue weighted by molar-refractivity contribution is -0.251. The number of nitrogens with two attached hydrogens (primary N) is 1. The van der Waals surface area contributed by atoms with Crippen molar-refractivity contribution < 1.29 is 63.0 Å². The molecule has 2 heterocycles. The molecular weight excluding hydrogens is 582 g/mol. The molecule has 3 aliphatic carbocycles. The molecule has 0 aromatic heterocycles. The Bertz CT molecular complexity index is 1350. The van der Waals surface area contributed by atoms with Gasteiger partial charge in [-0.1, -0.05) is 12.5 Å². The minimum absolute atomic E-state index is 0.0690. The van der Waals surface area contributed by atoms with Crippen molar-refractivity contribution in [3.8, 4) is 0 Å². The van der Waals surface area contributed by atoms with E-state index in [4.69, 9.17) is 29.4 Å². The van der Waals surface area contributed by atoms with Crippen LogP contribution in [0.15, 0.2) is 23.0 Å². The number of allylic oxidation sites excluding steroid dienone is 3. The second-order valence-electron chi connectivity index (χ2n) is 13.1. The lowest BCUT2D eigenvalue weighted by Crippen LogP contribution is -2.71. The normalized spacial score (nSPS) is 41.3. The molecule has 14 heteroatoms. The Morgan fingerprint density at radius 1 is 1.18 bits per heavy atom. The zero-order valence-corrected chi connectivity index (χ0v) is 25.2. The summed E-state index contributed by atoms with van der Waals surface area (Å²) in [5.74, 6) is -7.46. The van der Waals surface area contributed by atoms with Gasteiger partial charge in [-0.15, -0.1) is 0 Å². The molecule has 4 fully saturated rings. The number of fused-ring (bicyclic) bond motifs is 2. The number of methoxy groups -OCH3 is 1. The number of aliphatic hydroxyl groups is 3. The maximum Gasteiger partial charge on any atom is 0.348 e. The molecule has 2 aliphatic heterocycles. The minimum atomic E-state index is -1.99. The molecule has 5 rings (SSSR count). The Hall–Kier alpha value is -3.17. The van der Waals surface area contributed by atoms with Crippen molar-refractivity contribution >= 4 is 29.7 Å². The molecule has 0 aromatic carbocycles. The van der Waals surface area contributed by atoms with Crippen molar-refractivity contribution in [2.24, 2.45) is 34.3 Å². The SMILES string of the molecule is COC(=O)[C@]12C[C@@H](O)[C@H](O)C3[C@]4(CO1)[C@H]2[C@@H](OC(=O)C=C(C)C)C(=O)O[C@@H]4C[C@H]1C(C)=C(OC(=O)[C@@H](N)CO)C(=O)C[C@]31C. The average molecular weight is 622 g/mol. The van der Waals surface area contributed by atoms with Crippen molar-refractivity contribution in [1.29, 1.82) is 0 Å². The molecule has 5 aliphatic rings. The van der Waals surface area contributed by atoms with Crippen LogP contribution in [0.3, 0.4) is 0 Å². The Balaban J connectivity index is 1.70. The lowest BCUT2D eigenvalue weighted by atomic mass is 9.42. The molecular formula is C30H39NO13. The summed E-state index contributed by atoms with van der Waals surface area (Å²) in [5, 5.41) is 32.6. The van der Waals surface area contributed by atoms with E-state index in [0.29, 0.717) is 11.1 Å². The van der Waals surface area contributed by atoms with Crippen molar-refractivity contribution in [3.05, 3.63) is 23.0 Å². The fourth-order valence-corrected chi connectivity index (χ4v) is 8.80. The van der Waals surface area contributed by atoms with Crippen molar-refractivity contribution in [3.63, 3.8) is 0 Å². The monoisotopic (exact) mass is 621 g/mol. The van der Waals surface area contributed by atoms with E-state index in [-0.39, 0.29) is 25.2 Å². The maximum atomic E-state index is 13.7. The smallest absolute Gasteiger partial charge is 0.348 e. The summed E-state index contributed by atoms with van der Waals surface area (Å²) in [6.07, 6.45) is -5.31. The Kier molecular flexibility index (Phi) is 8.07. The highest BCUT2D eigenvalue weighted by molar-refractivity contribution is 5.98. The van der Waals surface area contributed by atoms with Gasteiger partial charge in [0.2, 0.25) is 6.10 Å². The molecule has 2 saturated carbocycles. The molecule has 0 radical (unpaired) electrons. The first-order valence-electron chi connectivity index (χ1n) is 14.6. The number of rotatable bonds is 6. The highest BCUT2D eigenvalue weighted by atomic mass is 16.6. The number of carbonyl (C=O) groups is 5. The number of ether oxygens (including phenoxy) is 5. The quantitative estimate of drug-likeness (QED) is 0.162. The summed E-state index contributed by atoms with van der Waals surface area (Å²) in [7, 11) is 1.12. The molecule has 14 nitrogen and oxygen atoms in total. The summed E-state index contributed by atoms with van der Waals surface area (Å²) in [6, 6.07) is -1.38. The molecule has 0 aromatic rings. The Morgan fingerprint density at radius 2 is 1.86 bits per heavy atom. The first kappa shape index (κ1) is 32.2.